The molecule has 206 valence electrons. The molecule has 2 N–H and O–H groups in total. The lowest BCUT2D eigenvalue weighted by Crippen LogP contribution is -2.50. The average molecular weight is 544 g/mol. The van der Waals surface area contributed by atoms with Crippen LogP contribution in [0.25, 0.3) is 0 Å². The summed E-state index contributed by atoms with van der Waals surface area (Å²) in [6, 6.07) is 0.115. The maximum Gasteiger partial charge on any atom is 0.425 e. The van der Waals surface area contributed by atoms with Gasteiger partial charge in [0, 0.05) is 59.9 Å². The number of aryl methyl sites for hydroxylation is 1. The summed E-state index contributed by atoms with van der Waals surface area (Å²) in [6.45, 7) is 5.58. The number of halogens is 3. The molecule has 1 spiro atoms. The Bertz CT molecular complexity index is 1080. The fraction of sp³-hybridized carbons (Fsp3) is 0.731. The quantitative estimate of drug-likeness (QED) is 0.522. The monoisotopic (exact) mass is 543 g/mol. The topological polar surface area (TPSA) is 80.0 Å². The van der Waals surface area contributed by atoms with Gasteiger partial charge in [-0.2, -0.15) is 18.3 Å². The molecule has 2 aromatic rings. The van der Waals surface area contributed by atoms with Crippen molar-refractivity contribution in [1.29, 1.82) is 0 Å². The highest BCUT2D eigenvalue weighted by Gasteiger charge is 2.48. The van der Waals surface area contributed by atoms with Crippen molar-refractivity contribution in [1.82, 2.24) is 14.7 Å². The number of hydrogen-bond donors (Lipinski definition) is 2. The highest BCUT2D eigenvalue weighted by atomic mass is 32.1. The molecule has 0 aliphatic carbocycles. The van der Waals surface area contributed by atoms with Crippen molar-refractivity contribution >= 4 is 11.3 Å². The highest BCUT2D eigenvalue weighted by Crippen LogP contribution is 2.51. The predicted octanol–water partition coefficient (Wildman–Crippen LogP) is 4.09. The molecule has 0 saturated carbocycles. The summed E-state index contributed by atoms with van der Waals surface area (Å²) in [6.07, 6.45) is 3.83. The number of rotatable bonds is 8. The number of alkyl halides is 3. The van der Waals surface area contributed by atoms with E-state index in [1.165, 1.54) is 0 Å². The molecule has 2 aromatic heterocycles. The molecule has 2 fully saturated rings. The van der Waals surface area contributed by atoms with Crippen LogP contribution in [0.4, 0.5) is 13.2 Å². The van der Waals surface area contributed by atoms with Gasteiger partial charge in [-0.15, -0.1) is 11.3 Å². The first-order chi connectivity index (χ1) is 17.7. The summed E-state index contributed by atoms with van der Waals surface area (Å²) in [4.78, 5) is 2.31. The number of hydrogen-bond acceptors (Lipinski definition) is 7. The van der Waals surface area contributed by atoms with Gasteiger partial charge in [-0.05, 0) is 51.0 Å². The van der Waals surface area contributed by atoms with Gasteiger partial charge in [0.1, 0.15) is 10.5 Å². The van der Waals surface area contributed by atoms with Crippen molar-refractivity contribution in [3.63, 3.8) is 0 Å². The van der Waals surface area contributed by atoms with E-state index >= 15 is 0 Å². The average Bonchev–Trinajstić information content (AvgIpc) is 3.60. The molecular formula is C26H36F3N3O4S. The van der Waals surface area contributed by atoms with Crippen molar-refractivity contribution < 1.29 is 32.9 Å². The maximum absolute atomic E-state index is 13.7. The molecule has 0 bridgehead atoms. The molecule has 11 heteroatoms. The molecular weight excluding hydrogens is 507 g/mol. The van der Waals surface area contributed by atoms with E-state index in [4.69, 9.17) is 9.47 Å². The Kier molecular flexibility index (Phi) is 7.74. The van der Waals surface area contributed by atoms with Gasteiger partial charge in [-0.3, -0.25) is 9.58 Å². The number of nitrogens with zero attached hydrogens (tertiary/aromatic N) is 3. The van der Waals surface area contributed by atoms with E-state index in [-0.39, 0.29) is 23.6 Å². The van der Waals surface area contributed by atoms with Gasteiger partial charge in [0.15, 0.2) is 0 Å². The Labute approximate surface area is 219 Å². The molecule has 5 heterocycles. The molecule has 2 saturated heterocycles. The number of aromatic nitrogens is 2. The normalized spacial score (nSPS) is 28.8. The Balaban J connectivity index is 1.22. The third-order valence-corrected chi connectivity index (χ3v) is 9.92. The van der Waals surface area contributed by atoms with Crippen molar-refractivity contribution in [3.05, 3.63) is 38.8 Å². The largest absolute Gasteiger partial charge is 0.425 e. The number of thiophene rings is 1. The first kappa shape index (κ1) is 27.1. The van der Waals surface area contributed by atoms with Gasteiger partial charge in [-0.1, -0.05) is 0 Å². The zero-order chi connectivity index (χ0) is 26.3. The summed E-state index contributed by atoms with van der Waals surface area (Å²) in [5.41, 5.74) is 0.936. The minimum Gasteiger partial charge on any atom is -0.396 e. The van der Waals surface area contributed by atoms with Gasteiger partial charge < -0.3 is 19.7 Å². The number of fused-ring (bicyclic) bond motifs is 2. The van der Waals surface area contributed by atoms with E-state index in [0.29, 0.717) is 56.1 Å². The fourth-order valence-electron chi connectivity index (χ4n) is 6.28. The smallest absolute Gasteiger partial charge is 0.396 e. The van der Waals surface area contributed by atoms with Crippen LogP contribution < -0.4 is 0 Å². The van der Waals surface area contributed by atoms with Crippen LogP contribution in [0.15, 0.2) is 12.4 Å². The SMILES string of the molecule is C[C@H]1C[C@@]2(CCN1Cc1cnn(CCCC3(CO)CCOC3)c1)OCCc1c2sc(C(F)(F)F)c1CO. The predicted molar refractivity (Wildman–Crippen MR) is 132 cm³/mol. The van der Waals surface area contributed by atoms with E-state index in [1.807, 2.05) is 10.9 Å². The van der Waals surface area contributed by atoms with Crippen molar-refractivity contribution in [2.24, 2.45) is 5.41 Å². The Morgan fingerprint density at radius 1 is 1.24 bits per heavy atom. The summed E-state index contributed by atoms with van der Waals surface area (Å²) < 4.78 is 54.7. The van der Waals surface area contributed by atoms with Crippen LogP contribution in [-0.4, -0.2) is 63.9 Å². The molecule has 1 unspecified atom stereocenters. The number of piperidine rings is 1. The first-order valence-electron chi connectivity index (χ1n) is 13.1. The lowest BCUT2D eigenvalue weighted by Gasteiger charge is -2.47. The van der Waals surface area contributed by atoms with Crippen LogP contribution in [0.3, 0.4) is 0 Å². The zero-order valence-electron chi connectivity index (χ0n) is 21.2. The van der Waals surface area contributed by atoms with Crippen LogP contribution >= 0.6 is 11.3 Å². The first-order valence-corrected chi connectivity index (χ1v) is 13.9. The summed E-state index contributed by atoms with van der Waals surface area (Å²) >= 11 is 0.762. The zero-order valence-corrected chi connectivity index (χ0v) is 22.0. The fourth-order valence-corrected chi connectivity index (χ4v) is 7.69. The molecule has 0 aromatic carbocycles. The Hall–Kier alpha value is -1.50. The molecule has 0 radical (unpaired) electrons. The molecule has 3 aliphatic rings. The minimum atomic E-state index is -4.47. The van der Waals surface area contributed by atoms with Crippen LogP contribution in [0.2, 0.25) is 0 Å². The van der Waals surface area contributed by atoms with E-state index in [2.05, 4.69) is 23.1 Å². The highest BCUT2D eigenvalue weighted by molar-refractivity contribution is 7.12. The molecule has 5 rings (SSSR count). The Morgan fingerprint density at radius 2 is 2.08 bits per heavy atom. The van der Waals surface area contributed by atoms with E-state index < -0.39 is 23.3 Å². The molecule has 7 nitrogen and oxygen atoms in total. The maximum atomic E-state index is 13.7. The summed E-state index contributed by atoms with van der Waals surface area (Å²) in [5, 5.41) is 24.0. The second-order valence-corrected chi connectivity index (χ2v) is 11.9. The van der Waals surface area contributed by atoms with Crippen LogP contribution in [0.1, 0.15) is 65.5 Å². The van der Waals surface area contributed by atoms with E-state index in [1.54, 1.807) is 0 Å². The standard InChI is InChI=1S/C26H36F3N3O4S/c1-18-11-25(22-20(3-9-36-25)21(15-33)23(37-22)26(27,28)29)5-8-31(18)13-19-12-30-32(14-19)7-2-4-24(16-34)6-10-35-17-24/h12,14,18,33-34H,2-11,13,15-17H2,1H3/t18-,24?,25+/m0/s1. The summed E-state index contributed by atoms with van der Waals surface area (Å²) in [7, 11) is 0. The third kappa shape index (κ3) is 5.35. The second-order valence-electron chi connectivity index (χ2n) is 10.9. The molecule has 3 atom stereocenters. The number of aliphatic hydroxyl groups excluding tert-OH is 2. The molecule has 37 heavy (non-hydrogen) atoms. The minimum absolute atomic E-state index is 0.0306. The van der Waals surface area contributed by atoms with Gasteiger partial charge >= 0.3 is 6.18 Å². The molecule has 3 aliphatic heterocycles. The lowest BCUT2D eigenvalue weighted by molar-refractivity contribution is -0.135. The van der Waals surface area contributed by atoms with Crippen LogP contribution in [0, 0.1) is 5.41 Å². The van der Waals surface area contributed by atoms with Crippen LogP contribution in [-0.2, 0) is 47.4 Å². The van der Waals surface area contributed by atoms with E-state index in [0.717, 1.165) is 49.3 Å². The van der Waals surface area contributed by atoms with Crippen molar-refractivity contribution in [3.8, 4) is 0 Å². The summed E-state index contributed by atoms with van der Waals surface area (Å²) in [5.74, 6) is 0. The van der Waals surface area contributed by atoms with Gasteiger partial charge in [0.05, 0.1) is 32.6 Å². The van der Waals surface area contributed by atoms with Crippen molar-refractivity contribution in [2.45, 2.75) is 83.0 Å². The number of aliphatic hydroxyl groups is 2. The number of ether oxygens (including phenoxy) is 2. The molecule has 0 amide bonds. The van der Waals surface area contributed by atoms with Crippen LogP contribution in [0.5, 0.6) is 0 Å². The van der Waals surface area contributed by atoms with Gasteiger partial charge in [0.2, 0.25) is 0 Å². The third-order valence-electron chi connectivity index (χ3n) is 8.41. The van der Waals surface area contributed by atoms with E-state index in [9.17, 15) is 23.4 Å². The number of likely N-dealkylation sites (tertiary alicyclic amines) is 1. The second kappa shape index (κ2) is 10.6. The van der Waals surface area contributed by atoms with Crippen molar-refractivity contribution in [2.75, 3.05) is 33.0 Å². The lowest BCUT2D eigenvalue weighted by atomic mass is 9.81. The van der Waals surface area contributed by atoms with Gasteiger partial charge in [-0.25, -0.2) is 0 Å². The Morgan fingerprint density at radius 3 is 2.76 bits per heavy atom. The van der Waals surface area contributed by atoms with Gasteiger partial charge in [0.25, 0.3) is 0 Å².